The van der Waals surface area contributed by atoms with Crippen LogP contribution in [0.3, 0.4) is 0 Å². The Kier molecular flexibility index (Phi) is 5.17. The van der Waals surface area contributed by atoms with E-state index < -0.39 is 22.9 Å². The van der Waals surface area contributed by atoms with Gasteiger partial charge in [-0.25, -0.2) is 9.97 Å². The van der Waals surface area contributed by atoms with Crippen molar-refractivity contribution < 1.29 is 18.0 Å². The van der Waals surface area contributed by atoms with Crippen molar-refractivity contribution in [2.75, 3.05) is 16.8 Å². The van der Waals surface area contributed by atoms with Crippen molar-refractivity contribution in [2.24, 2.45) is 0 Å². The Labute approximate surface area is 139 Å². The molecule has 24 heavy (non-hydrogen) atoms. The number of alkyl halides is 3. The summed E-state index contributed by atoms with van der Waals surface area (Å²) in [4.78, 5) is 20.0. The molecule has 0 spiro atoms. The molecule has 0 fully saturated rings. The van der Waals surface area contributed by atoms with Gasteiger partial charge in [-0.1, -0.05) is 23.9 Å². The van der Waals surface area contributed by atoms with E-state index in [0.717, 1.165) is 17.8 Å². The average molecular weight is 357 g/mol. The van der Waals surface area contributed by atoms with Gasteiger partial charge < -0.3 is 16.8 Å². The van der Waals surface area contributed by atoms with Gasteiger partial charge in [0.05, 0.1) is 16.5 Å². The summed E-state index contributed by atoms with van der Waals surface area (Å²) in [6, 6.07) is 6.10. The number of halogens is 3. The molecule has 128 valence electrons. The van der Waals surface area contributed by atoms with E-state index in [1.165, 1.54) is 31.2 Å². The summed E-state index contributed by atoms with van der Waals surface area (Å²) in [6.07, 6.45) is -4.56. The minimum atomic E-state index is -4.56. The summed E-state index contributed by atoms with van der Waals surface area (Å²) >= 11 is 0.937. The third-order valence-corrected chi connectivity index (χ3v) is 3.85. The van der Waals surface area contributed by atoms with Gasteiger partial charge in [-0.2, -0.15) is 13.2 Å². The lowest BCUT2D eigenvalue weighted by atomic mass is 10.1. The summed E-state index contributed by atoms with van der Waals surface area (Å²) in [5.74, 6) is -0.346. The third kappa shape index (κ3) is 4.51. The largest absolute Gasteiger partial charge is 0.418 e. The maximum atomic E-state index is 12.9. The molecule has 1 amide bonds. The van der Waals surface area contributed by atoms with E-state index in [4.69, 9.17) is 11.5 Å². The Morgan fingerprint density at radius 3 is 2.38 bits per heavy atom. The molecule has 5 N–H and O–H groups in total. The van der Waals surface area contributed by atoms with E-state index in [1.54, 1.807) is 0 Å². The quantitative estimate of drug-likeness (QED) is 0.574. The van der Waals surface area contributed by atoms with Gasteiger partial charge in [0.1, 0.15) is 11.6 Å². The van der Waals surface area contributed by atoms with Crippen LogP contribution in [0.1, 0.15) is 12.5 Å². The van der Waals surface area contributed by atoms with E-state index in [9.17, 15) is 18.0 Å². The van der Waals surface area contributed by atoms with Crippen LogP contribution in [0.4, 0.5) is 30.5 Å². The highest BCUT2D eigenvalue weighted by molar-refractivity contribution is 8.00. The molecule has 0 radical (unpaired) electrons. The second kappa shape index (κ2) is 6.95. The minimum absolute atomic E-state index is 0.139. The Morgan fingerprint density at radius 1 is 1.21 bits per heavy atom. The Balaban J connectivity index is 2.12. The lowest BCUT2D eigenvalue weighted by molar-refractivity contribution is -0.137. The summed E-state index contributed by atoms with van der Waals surface area (Å²) in [5.41, 5.74) is 9.84. The molecule has 0 aliphatic heterocycles. The zero-order chi connectivity index (χ0) is 17.9. The Morgan fingerprint density at radius 2 is 1.79 bits per heavy atom. The smallest absolute Gasteiger partial charge is 0.383 e. The number of thioether (sulfide) groups is 1. The van der Waals surface area contributed by atoms with Crippen LogP contribution >= 0.6 is 11.8 Å². The van der Waals surface area contributed by atoms with Crippen LogP contribution in [0.15, 0.2) is 35.5 Å². The van der Waals surface area contributed by atoms with E-state index in [0.29, 0.717) is 0 Å². The predicted octanol–water partition coefficient (Wildman–Crippen LogP) is 2.78. The van der Waals surface area contributed by atoms with Crippen molar-refractivity contribution in [3.05, 3.63) is 35.9 Å². The normalized spacial score (nSPS) is 12.7. The summed E-state index contributed by atoms with van der Waals surface area (Å²) < 4.78 is 38.8. The SMILES string of the molecule is CC(Sc1nc(N)cc(N)n1)C(=O)Nc1ccccc1C(F)(F)F. The number of rotatable bonds is 4. The molecule has 0 aliphatic carbocycles. The lowest BCUT2D eigenvalue weighted by Gasteiger charge is -2.16. The van der Waals surface area contributed by atoms with Gasteiger partial charge in [-0.15, -0.1) is 0 Å². The number of carbonyl (C=O) groups is 1. The predicted molar refractivity (Wildman–Crippen MR) is 86.2 cm³/mol. The minimum Gasteiger partial charge on any atom is -0.383 e. The maximum Gasteiger partial charge on any atom is 0.418 e. The molecular weight excluding hydrogens is 343 g/mol. The molecule has 0 bridgehead atoms. The molecule has 0 aliphatic rings. The molecule has 0 saturated heterocycles. The number of carbonyl (C=O) groups excluding carboxylic acids is 1. The van der Waals surface area contributed by atoms with Gasteiger partial charge in [0.25, 0.3) is 0 Å². The monoisotopic (exact) mass is 357 g/mol. The topological polar surface area (TPSA) is 107 Å². The molecule has 6 nitrogen and oxygen atoms in total. The fourth-order valence-corrected chi connectivity index (χ4v) is 2.60. The highest BCUT2D eigenvalue weighted by atomic mass is 32.2. The van der Waals surface area contributed by atoms with Crippen LogP contribution in [-0.4, -0.2) is 21.1 Å². The summed E-state index contributed by atoms with van der Waals surface area (Å²) in [7, 11) is 0. The first-order valence-electron chi connectivity index (χ1n) is 6.70. The number of para-hydroxylation sites is 1. The van der Waals surface area contributed by atoms with Crippen molar-refractivity contribution in [3.8, 4) is 0 Å². The molecule has 2 rings (SSSR count). The van der Waals surface area contributed by atoms with Crippen molar-refractivity contribution in [1.29, 1.82) is 0 Å². The lowest BCUT2D eigenvalue weighted by Crippen LogP contribution is -2.24. The van der Waals surface area contributed by atoms with Crippen molar-refractivity contribution in [2.45, 2.75) is 23.5 Å². The number of benzene rings is 1. The van der Waals surface area contributed by atoms with E-state index in [2.05, 4.69) is 15.3 Å². The van der Waals surface area contributed by atoms with E-state index >= 15 is 0 Å². The van der Waals surface area contributed by atoms with E-state index in [1.807, 2.05) is 0 Å². The number of hydrogen-bond donors (Lipinski definition) is 3. The van der Waals surface area contributed by atoms with Gasteiger partial charge in [-0.05, 0) is 19.1 Å². The molecule has 1 atom stereocenters. The first-order chi connectivity index (χ1) is 11.2. The molecule has 0 saturated carbocycles. The van der Waals surface area contributed by atoms with Crippen molar-refractivity contribution in [1.82, 2.24) is 9.97 Å². The van der Waals surface area contributed by atoms with Gasteiger partial charge in [0, 0.05) is 6.07 Å². The standard InChI is InChI=1S/C14H14F3N5OS/c1-7(24-13-21-10(18)6-11(19)22-13)12(23)20-9-5-3-2-4-8(9)14(15,16)17/h2-7H,1H3,(H,20,23)(H4,18,19,21,22). The number of amides is 1. The number of hydrogen-bond acceptors (Lipinski definition) is 6. The first-order valence-corrected chi connectivity index (χ1v) is 7.58. The van der Waals surface area contributed by atoms with Gasteiger partial charge in [0.2, 0.25) is 5.91 Å². The number of anilines is 3. The summed E-state index contributed by atoms with van der Waals surface area (Å²) in [6.45, 7) is 1.51. The molecule has 2 aromatic rings. The zero-order valence-corrected chi connectivity index (χ0v) is 13.3. The molecule has 1 aromatic carbocycles. The average Bonchev–Trinajstić information content (AvgIpc) is 2.45. The highest BCUT2D eigenvalue weighted by Crippen LogP contribution is 2.35. The third-order valence-electron chi connectivity index (χ3n) is 2.89. The molecule has 1 unspecified atom stereocenters. The van der Waals surface area contributed by atoms with Crippen molar-refractivity contribution >= 4 is 35.0 Å². The van der Waals surface area contributed by atoms with Crippen LogP contribution in [0.2, 0.25) is 0 Å². The Hall–Kier alpha value is -2.49. The van der Waals surface area contributed by atoms with Crippen LogP contribution < -0.4 is 16.8 Å². The number of nitrogens with zero attached hydrogens (tertiary/aromatic N) is 2. The summed E-state index contributed by atoms with van der Waals surface area (Å²) in [5, 5.41) is 1.68. The van der Waals surface area contributed by atoms with Gasteiger partial charge >= 0.3 is 6.18 Å². The fourth-order valence-electron chi connectivity index (χ4n) is 1.80. The maximum absolute atomic E-state index is 12.9. The number of nitrogen functional groups attached to an aromatic ring is 2. The van der Waals surface area contributed by atoms with Crippen LogP contribution in [0.5, 0.6) is 0 Å². The number of nitrogens with two attached hydrogens (primary N) is 2. The fraction of sp³-hybridized carbons (Fsp3) is 0.214. The molecule has 10 heteroatoms. The van der Waals surface area contributed by atoms with Crippen LogP contribution in [0, 0.1) is 0 Å². The van der Waals surface area contributed by atoms with Crippen LogP contribution in [0.25, 0.3) is 0 Å². The Bertz CT molecular complexity index is 733. The van der Waals surface area contributed by atoms with Crippen LogP contribution in [-0.2, 0) is 11.0 Å². The second-order valence-electron chi connectivity index (χ2n) is 4.79. The molecule has 1 heterocycles. The van der Waals surface area contributed by atoms with E-state index in [-0.39, 0.29) is 22.5 Å². The van der Waals surface area contributed by atoms with Gasteiger partial charge in [0.15, 0.2) is 5.16 Å². The molecular formula is C14H14F3N5OS. The van der Waals surface area contributed by atoms with Crippen molar-refractivity contribution in [3.63, 3.8) is 0 Å². The number of aromatic nitrogens is 2. The zero-order valence-electron chi connectivity index (χ0n) is 12.5. The molecule has 1 aromatic heterocycles. The highest BCUT2D eigenvalue weighted by Gasteiger charge is 2.34. The second-order valence-corrected chi connectivity index (χ2v) is 6.10. The van der Waals surface area contributed by atoms with Gasteiger partial charge in [-0.3, -0.25) is 4.79 Å². The number of nitrogens with one attached hydrogen (secondary N) is 1. The first kappa shape index (κ1) is 17.9.